The first-order chi connectivity index (χ1) is 12.2. The molecule has 0 radical (unpaired) electrons. The van der Waals surface area contributed by atoms with E-state index in [1.807, 2.05) is 70.2 Å². The molecule has 1 saturated carbocycles. The van der Waals surface area contributed by atoms with Crippen LogP contribution in [-0.2, 0) is 11.2 Å². The Labute approximate surface area is 146 Å². The van der Waals surface area contributed by atoms with Gasteiger partial charge >= 0.3 is 0 Å². The first-order valence-electron chi connectivity index (χ1n) is 8.66. The number of hydrogen-bond acceptors (Lipinski definition) is 3. The van der Waals surface area contributed by atoms with Crippen molar-refractivity contribution in [3.05, 3.63) is 72.2 Å². The van der Waals surface area contributed by atoms with Crippen LogP contribution in [0.5, 0.6) is 0 Å². The van der Waals surface area contributed by atoms with E-state index in [0.29, 0.717) is 6.54 Å². The predicted molar refractivity (Wildman–Crippen MR) is 95.0 cm³/mol. The van der Waals surface area contributed by atoms with Crippen molar-refractivity contribution in [2.24, 2.45) is 0 Å². The highest BCUT2D eigenvalue weighted by atomic mass is 16.3. The Hall–Kier alpha value is -2.66. The molecule has 0 saturated heterocycles. The summed E-state index contributed by atoms with van der Waals surface area (Å²) in [6.07, 6.45) is 5.45. The van der Waals surface area contributed by atoms with Crippen molar-refractivity contribution in [1.82, 2.24) is 14.3 Å². The van der Waals surface area contributed by atoms with Crippen molar-refractivity contribution < 1.29 is 9.90 Å². The number of carbonyl (C=O) groups is 1. The molecule has 5 heteroatoms. The fraction of sp³-hybridized carbons (Fsp3) is 0.300. The zero-order valence-corrected chi connectivity index (χ0v) is 14.0. The molecule has 1 atom stereocenters. The van der Waals surface area contributed by atoms with E-state index in [0.717, 1.165) is 29.7 Å². The summed E-state index contributed by atoms with van der Waals surface area (Å²) in [5, 5.41) is 10.5. The second kappa shape index (κ2) is 6.69. The largest absolute Gasteiger partial charge is 0.387 e. The fourth-order valence-corrected chi connectivity index (χ4v) is 3.14. The van der Waals surface area contributed by atoms with Crippen LogP contribution in [0.4, 0.5) is 0 Å². The van der Waals surface area contributed by atoms with Gasteiger partial charge in [0.25, 0.3) is 0 Å². The van der Waals surface area contributed by atoms with Crippen LogP contribution in [-0.4, -0.2) is 37.9 Å². The summed E-state index contributed by atoms with van der Waals surface area (Å²) < 4.78 is 1.92. The maximum atomic E-state index is 12.8. The Kier molecular flexibility index (Phi) is 4.24. The minimum Gasteiger partial charge on any atom is -0.387 e. The molecule has 1 aliphatic rings. The summed E-state index contributed by atoms with van der Waals surface area (Å²) in [5.41, 5.74) is 2.44. The zero-order chi connectivity index (χ0) is 17.2. The number of aromatic nitrogens is 2. The second-order valence-corrected chi connectivity index (χ2v) is 6.58. The molecule has 2 heterocycles. The molecule has 1 amide bonds. The van der Waals surface area contributed by atoms with Crippen molar-refractivity contribution >= 4 is 11.6 Å². The molecule has 2 aromatic heterocycles. The summed E-state index contributed by atoms with van der Waals surface area (Å²) in [6, 6.07) is 15.5. The number of nitrogens with zero attached hydrogens (tertiary/aromatic N) is 3. The van der Waals surface area contributed by atoms with Gasteiger partial charge in [-0.1, -0.05) is 36.4 Å². The number of rotatable bonds is 6. The maximum absolute atomic E-state index is 12.8. The van der Waals surface area contributed by atoms with E-state index < -0.39 is 6.10 Å². The highest BCUT2D eigenvalue weighted by Gasteiger charge is 2.34. The van der Waals surface area contributed by atoms with E-state index in [1.54, 1.807) is 0 Å². The van der Waals surface area contributed by atoms with Crippen LogP contribution in [0.2, 0.25) is 0 Å². The highest BCUT2D eigenvalue weighted by Crippen LogP contribution is 2.29. The van der Waals surface area contributed by atoms with Crippen LogP contribution in [0.15, 0.2) is 60.9 Å². The van der Waals surface area contributed by atoms with E-state index in [1.165, 1.54) is 0 Å². The van der Waals surface area contributed by atoms with Gasteiger partial charge in [0.15, 0.2) is 0 Å². The fourth-order valence-electron chi connectivity index (χ4n) is 3.14. The van der Waals surface area contributed by atoms with Crippen molar-refractivity contribution in [2.45, 2.75) is 31.4 Å². The molecule has 0 aliphatic heterocycles. The lowest BCUT2D eigenvalue weighted by atomic mass is 10.1. The van der Waals surface area contributed by atoms with Crippen LogP contribution < -0.4 is 0 Å². The minimum absolute atomic E-state index is 0.0286. The first-order valence-corrected chi connectivity index (χ1v) is 8.66. The lowest BCUT2D eigenvalue weighted by Crippen LogP contribution is -2.37. The Morgan fingerprint density at radius 3 is 2.68 bits per heavy atom. The van der Waals surface area contributed by atoms with Gasteiger partial charge in [-0.15, -0.1) is 0 Å². The summed E-state index contributed by atoms with van der Waals surface area (Å²) in [6.45, 7) is 0.334. The van der Waals surface area contributed by atoms with Gasteiger partial charge in [-0.3, -0.25) is 4.79 Å². The summed E-state index contributed by atoms with van der Waals surface area (Å²) in [5.74, 6) is 0.0286. The SMILES string of the molecule is O=C(Cc1cn2ccccc2n1)N(C[C@@H](O)c1ccccc1)C1CC1. The molecule has 3 aromatic rings. The topological polar surface area (TPSA) is 57.8 Å². The average Bonchev–Trinajstić information content (AvgIpc) is 3.39. The van der Waals surface area contributed by atoms with Crippen LogP contribution in [0.25, 0.3) is 5.65 Å². The third-order valence-corrected chi connectivity index (χ3v) is 4.61. The summed E-state index contributed by atoms with van der Waals surface area (Å²) >= 11 is 0. The molecule has 0 spiro atoms. The molecule has 0 bridgehead atoms. The number of aliphatic hydroxyl groups excluding tert-OH is 1. The molecular formula is C20H21N3O2. The normalized spacial score (nSPS) is 15.2. The standard InChI is InChI=1S/C20H21N3O2/c24-18(15-6-2-1-3-7-15)14-23(17-9-10-17)20(25)12-16-13-22-11-5-4-8-19(22)21-16/h1-8,11,13,17-18,24H,9-10,12,14H2/t18-/m1/s1. The van der Waals surface area contributed by atoms with Crippen molar-refractivity contribution in [2.75, 3.05) is 6.54 Å². The lowest BCUT2D eigenvalue weighted by molar-refractivity contribution is -0.132. The van der Waals surface area contributed by atoms with E-state index in [-0.39, 0.29) is 18.4 Å². The van der Waals surface area contributed by atoms with E-state index in [2.05, 4.69) is 4.98 Å². The number of imidazole rings is 1. The highest BCUT2D eigenvalue weighted by molar-refractivity contribution is 5.79. The van der Waals surface area contributed by atoms with Gasteiger partial charge in [-0.25, -0.2) is 4.98 Å². The number of hydrogen-bond donors (Lipinski definition) is 1. The van der Waals surface area contributed by atoms with Crippen molar-refractivity contribution in [1.29, 1.82) is 0 Å². The number of aliphatic hydroxyl groups is 1. The number of benzene rings is 1. The quantitative estimate of drug-likeness (QED) is 0.753. The van der Waals surface area contributed by atoms with Crippen molar-refractivity contribution in [3.8, 4) is 0 Å². The molecule has 4 rings (SSSR count). The summed E-state index contributed by atoms with van der Waals surface area (Å²) in [7, 11) is 0. The van der Waals surface area contributed by atoms with Gasteiger partial charge in [0, 0.05) is 18.4 Å². The summed E-state index contributed by atoms with van der Waals surface area (Å²) in [4.78, 5) is 19.1. The Bertz CT molecular complexity index is 838. The van der Waals surface area contributed by atoms with Crippen LogP contribution >= 0.6 is 0 Å². The smallest absolute Gasteiger partial charge is 0.228 e. The number of fused-ring (bicyclic) bond motifs is 1. The molecule has 128 valence electrons. The molecule has 0 unspecified atom stereocenters. The van der Waals surface area contributed by atoms with Crippen molar-refractivity contribution in [3.63, 3.8) is 0 Å². The van der Waals surface area contributed by atoms with Gasteiger partial charge in [0.2, 0.25) is 5.91 Å². The third kappa shape index (κ3) is 3.56. The zero-order valence-electron chi connectivity index (χ0n) is 14.0. The molecule has 25 heavy (non-hydrogen) atoms. The number of pyridine rings is 1. The van der Waals surface area contributed by atoms with Crippen LogP contribution in [0, 0.1) is 0 Å². The van der Waals surface area contributed by atoms with Gasteiger partial charge in [-0.2, -0.15) is 0 Å². The Balaban J connectivity index is 1.47. The van der Waals surface area contributed by atoms with Crippen LogP contribution in [0.1, 0.15) is 30.2 Å². The monoisotopic (exact) mass is 335 g/mol. The van der Waals surface area contributed by atoms with E-state index in [9.17, 15) is 9.90 Å². The minimum atomic E-state index is -0.660. The molecule has 5 nitrogen and oxygen atoms in total. The number of amides is 1. The predicted octanol–water partition coefficient (Wildman–Crippen LogP) is 2.60. The van der Waals surface area contributed by atoms with E-state index in [4.69, 9.17) is 0 Å². The molecule has 1 fully saturated rings. The lowest BCUT2D eigenvalue weighted by Gasteiger charge is -2.25. The Morgan fingerprint density at radius 1 is 1.20 bits per heavy atom. The molecular weight excluding hydrogens is 314 g/mol. The average molecular weight is 335 g/mol. The molecule has 1 N–H and O–H groups in total. The first kappa shape index (κ1) is 15.8. The van der Waals surface area contributed by atoms with Crippen LogP contribution in [0.3, 0.4) is 0 Å². The van der Waals surface area contributed by atoms with Gasteiger partial charge < -0.3 is 14.4 Å². The number of carbonyl (C=O) groups excluding carboxylic acids is 1. The third-order valence-electron chi connectivity index (χ3n) is 4.61. The van der Waals surface area contributed by atoms with Gasteiger partial charge in [0.1, 0.15) is 5.65 Å². The second-order valence-electron chi connectivity index (χ2n) is 6.58. The maximum Gasteiger partial charge on any atom is 0.228 e. The Morgan fingerprint density at radius 2 is 1.96 bits per heavy atom. The molecule has 1 aromatic carbocycles. The van der Waals surface area contributed by atoms with Gasteiger partial charge in [-0.05, 0) is 30.5 Å². The molecule has 1 aliphatic carbocycles. The van der Waals surface area contributed by atoms with E-state index >= 15 is 0 Å². The van der Waals surface area contributed by atoms with Gasteiger partial charge in [0.05, 0.1) is 24.8 Å².